The number of aromatic nitrogens is 4. The number of imidazole rings is 1. The third kappa shape index (κ3) is 5.96. The zero-order chi connectivity index (χ0) is 24.3. The second kappa shape index (κ2) is 9.70. The maximum Gasteiger partial charge on any atom is 0.344 e. The van der Waals surface area contributed by atoms with Gasteiger partial charge >= 0.3 is 5.97 Å². The van der Waals surface area contributed by atoms with Gasteiger partial charge in [-0.25, -0.2) is 23.5 Å². The summed E-state index contributed by atoms with van der Waals surface area (Å²) in [5.74, 6) is -3.36. The molecule has 10 nitrogen and oxygen atoms in total. The topological polar surface area (TPSA) is 136 Å². The third-order valence-electron chi connectivity index (χ3n) is 4.32. The number of nitrogens with zero attached hydrogens (tertiary/aromatic N) is 4. The third-order valence-corrected chi connectivity index (χ3v) is 6.44. The Morgan fingerprint density at radius 2 is 2.03 bits per heavy atom. The number of thioether (sulfide) groups is 1. The molecule has 0 spiro atoms. The second-order valence-electron chi connectivity index (χ2n) is 6.82. The number of carboxylic acid groups (broad SMARTS) is 1. The van der Waals surface area contributed by atoms with Crippen molar-refractivity contribution in [3.05, 3.63) is 53.5 Å². The summed E-state index contributed by atoms with van der Waals surface area (Å²) in [7, 11) is -2.51. The van der Waals surface area contributed by atoms with Crippen LogP contribution in [0.2, 0.25) is 0 Å². The minimum atomic E-state index is -4.14. The van der Waals surface area contributed by atoms with E-state index < -0.39 is 33.7 Å². The number of benzene rings is 1. The molecule has 0 aliphatic rings. The van der Waals surface area contributed by atoms with Gasteiger partial charge in [0.1, 0.15) is 11.6 Å². The minimum Gasteiger partial charge on any atom is -0.479 e. The summed E-state index contributed by atoms with van der Waals surface area (Å²) in [6, 6.07) is 4.82. The molecule has 0 amide bonds. The van der Waals surface area contributed by atoms with E-state index in [0.717, 1.165) is 23.9 Å². The lowest BCUT2D eigenvalue weighted by Crippen LogP contribution is -2.23. The van der Waals surface area contributed by atoms with Crippen molar-refractivity contribution in [1.29, 1.82) is 0 Å². The Labute approximate surface area is 192 Å². The van der Waals surface area contributed by atoms with Crippen LogP contribution in [-0.2, 0) is 27.6 Å². The van der Waals surface area contributed by atoms with Crippen molar-refractivity contribution in [2.24, 2.45) is 7.05 Å². The molecule has 0 aliphatic carbocycles. The van der Waals surface area contributed by atoms with Crippen LogP contribution in [0.3, 0.4) is 0 Å². The number of rotatable bonds is 9. The SMILES string of the molecule is Cc1nc(S(=O)(=O)Nc2cc(O[C@H](C)C(=O)O)nc(SCc3cccc(F)c3F)n2)cn1C. The van der Waals surface area contributed by atoms with Gasteiger partial charge in [-0.15, -0.1) is 0 Å². The van der Waals surface area contributed by atoms with Crippen LogP contribution in [0.4, 0.5) is 14.6 Å². The predicted octanol–water partition coefficient (Wildman–Crippen LogP) is 2.74. The van der Waals surface area contributed by atoms with Crippen molar-refractivity contribution < 1.29 is 31.8 Å². The van der Waals surface area contributed by atoms with Crippen LogP contribution in [0.25, 0.3) is 0 Å². The summed E-state index contributed by atoms with van der Waals surface area (Å²) in [6.07, 6.45) is 0.0202. The molecule has 0 saturated heterocycles. The monoisotopic (exact) mass is 499 g/mol. The Morgan fingerprint density at radius 1 is 1.30 bits per heavy atom. The lowest BCUT2D eigenvalue weighted by Gasteiger charge is -2.13. The van der Waals surface area contributed by atoms with E-state index in [-0.39, 0.29) is 33.2 Å². The number of anilines is 1. The Morgan fingerprint density at radius 3 is 2.67 bits per heavy atom. The zero-order valence-electron chi connectivity index (χ0n) is 17.6. The Bertz CT molecular complexity index is 1280. The number of nitrogens with one attached hydrogen (secondary N) is 1. The number of aryl methyl sites for hydroxylation is 2. The molecule has 0 aliphatic heterocycles. The second-order valence-corrected chi connectivity index (χ2v) is 9.39. The van der Waals surface area contributed by atoms with Gasteiger partial charge in [0.15, 0.2) is 27.9 Å². The van der Waals surface area contributed by atoms with E-state index in [1.54, 1.807) is 14.0 Å². The largest absolute Gasteiger partial charge is 0.479 e. The highest BCUT2D eigenvalue weighted by Crippen LogP contribution is 2.27. The summed E-state index contributed by atoms with van der Waals surface area (Å²) < 4.78 is 61.8. The molecule has 0 unspecified atom stereocenters. The molecule has 0 bridgehead atoms. The van der Waals surface area contributed by atoms with E-state index in [2.05, 4.69) is 19.7 Å². The van der Waals surface area contributed by atoms with Crippen molar-refractivity contribution in [1.82, 2.24) is 19.5 Å². The Hall–Kier alpha value is -3.26. The molecule has 3 rings (SSSR count). The average molecular weight is 500 g/mol. The van der Waals surface area contributed by atoms with Gasteiger partial charge in [0.2, 0.25) is 5.88 Å². The van der Waals surface area contributed by atoms with E-state index in [4.69, 9.17) is 9.84 Å². The molecule has 2 heterocycles. The fourth-order valence-corrected chi connectivity index (χ4v) is 4.32. The van der Waals surface area contributed by atoms with Crippen LogP contribution < -0.4 is 9.46 Å². The first-order chi connectivity index (χ1) is 15.5. The van der Waals surface area contributed by atoms with E-state index in [0.29, 0.717) is 5.82 Å². The van der Waals surface area contributed by atoms with Crippen molar-refractivity contribution in [2.75, 3.05) is 4.72 Å². The van der Waals surface area contributed by atoms with Gasteiger partial charge in [-0.1, -0.05) is 23.9 Å². The highest BCUT2D eigenvalue weighted by Gasteiger charge is 2.22. The lowest BCUT2D eigenvalue weighted by atomic mass is 10.2. The molecule has 14 heteroatoms. The molecule has 1 aromatic carbocycles. The zero-order valence-corrected chi connectivity index (χ0v) is 19.2. The molecule has 0 saturated carbocycles. The first-order valence-corrected chi connectivity index (χ1v) is 11.8. The summed E-state index contributed by atoms with van der Waals surface area (Å²) >= 11 is 0.878. The first-order valence-electron chi connectivity index (χ1n) is 9.33. The number of halogens is 2. The number of carboxylic acids is 1. The molecular weight excluding hydrogens is 480 g/mol. The van der Waals surface area contributed by atoms with Crippen molar-refractivity contribution in [3.63, 3.8) is 0 Å². The maximum atomic E-state index is 13.9. The van der Waals surface area contributed by atoms with E-state index in [1.165, 1.54) is 29.8 Å². The number of aliphatic carboxylic acids is 1. The molecule has 176 valence electrons. The van der Waals surface area contributed by atoms with Gasteiger partial charge in [0, 0.05) is 30.6 Å². The van der Waals surface area contributed by atoms with Crippen LogP contribution in [0.5, 0.6) is 5.88 Å². The van der Waals surface area contributed by atoms with Crippen LogP contribution in [0.15, 0.2) is 40.6 Å². The quantitative estimate of drug-likeness (QED) is 0.336. The summed E-state index contributed by atoms with van der Waals surface area (Å²) in [5.41, 5.74) is 0.0416. The smallest absolute Gasteiger partial charge is 0.344 e. The molecule has 2 aromatic heterocycles. The highest BCUT2D eigenvalue weighted by atomic mass is 32.2. The Kier molecular flexibility index (Phi) is 7.17. The van der Waals surface area contributed by atoms with Crippen molar-refractivity contribution in [3.8, 4) is 5.88 Å². The highest BCUT2D eigenvalue weighted by molar-refractivity contribution is 7.98. The van der Waals surface area contributed by atoms with Crippen molar-refractivity contribution in [2.45, 2.75) is 35.9 Å². The molecule has 3 aromatic rings. The van der Waals surface area contributed by atoms with Crippen LogP contribution in [0, 0.1) is 18.6 Å². The van der Waals surface area contributed by atoms with Gasteiger partial charge in [0.25, 0.3) is 10.0 Å². The average Bonchev–Trinajstić information content (AvgIpc) is 3.08. The van der Waals surface area contributed by atoms with E-state index in [9.17, 15) is 22.0 Å². The molecule has 0 fully saturated rings. The minimum absolute atomic E-state index is 0.0416. The summed E-state index contributed by atoms with van der Waals surface area (Å²) in [4.78, 5) is 23.2. The van der Waals surface area contributed by atoms with Gasteiger partial charge in [-0.3, -0.25) is 4.72 Å². The summed E-state index contributed by atoms with van der Waals surface area (Å²) in [5, 5.41) is 8.78. The number of hydrogen-bond donors (Lipinski definition) is 2. The number of sulfonamides is 1. The summed E-state index contributed by atoms with van der Waals surface area (Å²) in [6.45, 7) is 2.89. The van der Waals surface area contributed by atoms with Crippen LogP contribution in [-0.4, -0.2) is 45.1 Å². The molecular formula is C19H19F2N5O5S2. The van der Waals surface area contributed by atoms with E-state index in [1.807, 2.05) is 0 Å². The molecule has 1 atom stereocenters. The van der Waals surface area contributed by atoms with Gasteiger partial charge < -0.3 is 14.4 Å². The van der Waals surface area contributed by atoms with Crippen LogP contribution >= 0.6 is 11.8 Å². The van der Waals surface area contributed by atoms with E-state index >= 15 is 0 Å². The number of ether oxygens (including phenoxy) is 1. The molecule has 0 radical (unpaired) electrons. The number of carbonyl (C=O) groups is 1. The fraction of sp³-hybridized carbons (Fsp3) is 0.263. The predicted molar refractivity (Wildman–Crippen MR) is 114 cm³/mol. The normalized spacial score (nSPS) is 12.4. The lowest BCUT2D eigenvalue weighted by molar-refractivity contribution is -0.144. The fourth-order valence-electron chi connectivity index (χ4n) is 2.46. The molecule has 2 N–H and O–H groups in total. The maximum absolute atomic E-state index is 13.9. The van der Waals surface area contributed by atoms with Crippen LogP contribution in [0.1, 0.15) is 18.3 Å². The first kappa shape index (κ1) is 24.4. The van der Waals surface area contributed by atoms with Gasteiger partial charge in [-0.2, -0.15) is 13.4 Å². The Balaban J connectivity index is 1.91. The van der Waals surface area contributed by atoms with Gasteiger partial charge in [-0.05, 0) is 19.9 Å². The standard InChI is InChI=1S/C19H19F2N5O5S2/c1-10(18(27)28)31-15-7-14(25-33(29,30)16-8-26(3)11(2)22-16)23-19(24-15)32-9-12-5-4-6-13(20)17(12)21/h4-8,10H,9H2,1-3H3,(H,27,28)(H,23,24,25)/t10-/m1/s1. The molecule has 33 heavy (non-hydrogen) atoms. The number of hydrogen-bond acceptors (Lipinski definition) is 8. The van der Waals surface area contributed by atoms with Gasteiger partial charge in [0.05, 0.1) is 0 Å². The van der Waals surface area contributed by atoms with Crippen molar-refractivity contribution >= 4 is 33.6 Å².